The summed E-state index contributed by atoms with van der Waals surface area (Å²) in [7, 11) is 1.72. The van der Waals surface area contributed by atoms with Gasteiger partial charge in [-0.25, -0.2) is 14.4 Å². The van der Waals surface area contributed by atoms with Crippen molar-refractivity contribution in [3.05, 3.63) is 70.1 Å². The van der Waals surface area contributed by atoms with Crippen molar-refractivity contribution in [2.24, 2.45) is 4.99 Å². The van der Waals surface area contributed by atoms with Crippen LogP contribution in [0.15, 0.2) is 53.8 Å². The first-order valence-electron chi connectivity index (χ1n) is 8.87. The Balaban J connectivity index is 0.00000300. The molecule has 0 bridgehead atoms. The average Bonchev–Trinajstić information content (AvgIpc) is 3.10. The largest absolute Gasteiger partial charge is 0.439 e. The van der Waals surface area contributed by atoms with Crippen molar-refractivity contribution >= 4 is 41.3 Å². The van der Waals surface area contributed by atoms with Crippen LogP contribution in [0.1, 0.15) is 15.4 Å². The summed E-state index contributed by atoms with van der Waals surface area (Å²) in [4.78, 5) is 14.1. The number of benzene rings is 1. The Hall–Kier alpha value is -2.27. The van der Waals surface area contributed by atoms with Gasteiger partial charge in [0.05, 0.1) is 5.01 Å². The van der Waals surface area contributed by atoms with E-state index in [1.54, 1.807) is 36.7 Å². The van der Waals surface area contributed by atoms with Gasteiger partial charge in [-0.15, -0.1) is 35.3 Å². The van der Waals surface area contributed by atoms with Crippen molar-refractivity contribution in [1.82, 2.24) is 20.6 Å². The van der Waals surface area contributed by atoms with Gasteiger partial charge in [-0.1, -0.05) is 12.1 Å². The van der Waals surface area contributed by atoms with Crippen LogP contribution < -0.4 is 15.4 Å². The van der Waals surface area contributed by atoms with Crippen LogP contribution in [0.2, 0.25) is 0 Å². The number of thiazole rings is 1. The molecule has 0 radical (unpaired) electrons. The van der Waals surface area contributed by atoms with E-state index < -0.39 is 0 Å². The summed E-state index contributed by atoms with van der Waals surface area (Å²) in [6, 6.07) is 9.72. The number of hydrogen-bond acceptors (Lipinski definition) is 5. The molecule has 1 aromatic carbocycles. The number of halogens is 2. The van der Waals surface area contributed by atoms with E-state index in [1.165, 1.54) is 17.0 Å². The first kappa shape index (κ1) is 23.0. The summed E-state index contributed by atoms with van der Waals surface area (Å²) in [5, 5.41) is 7.61. The SMILES string of the molecule is CN=C(NCCc1ncc(C)s1)NCc1cccnc1Oc1cccc(F)c1.I. The zero-order valence-electron chi connectivity index (χ0n) is 16.2. The Labute approximate surface area is 190 Å². The highest BCUT2D eigenvalue weighted by Gasteiger charge is 2.08. The molecule has 154 valence electrons. The Morgan fingerprint density at radius 2 is 2.07 bits per heavy atom. The molecule has 0 aliphatic heterocycles. The third-order valence-electron chi connectivity index (χ3n) is 3.83. The van der Waals surface area contributed by atoms with Crippen molar-refractivity contribution in [3.8, 4) is 11.6 Å². The fourth-order valence-electron chi connectivity index (χ4n) is 2.50. The van der Waals surface area contributed by atoms with Crippen LogP contribution in [0, 0.1) is 12.7 Å². The zero-order valence-corrected chi connectivity index (χ0v) is 19.3. The van der Waals surface area contributed by atoms with Crippen LogP contribution >= 0.6 is 35.3 Å². The molecular weight excluding hydrogens is 504 g/mol. The van der Waals surface area contributed by atoms with Crippen LogP contribution in [-0.2, 0) is 13.0 Å². The van der Waals surface area contributed by atoms with Crippen molar-refractivity contribution in [2.75, 3.05) is 13.6 Å². The van der Waals surface area contributed by atoms with Crippen LogP contribution in [-0.4, -0.2) is 29.5 Å². The van der Waals surface area contributed by atoms with Crippen LogP contribution in [0.3, 0.4) is 0 Å². The van der Waals surface area contributed by atoms with Gasteiger partial charge in [0.25, 0.3) is 0 Å². The van der Waals surface area contributed by atoms with E-state index in [9.17, 15) is 4.39 Å². The molecule has 3 rings (SSSR count). The number of nitrogens with zero attached hydrogens (tertiary/aromatic N) is 3. The average molecular weight is 527 g/mol. The number of guanidine groups is 1. The van der Waals surface area contributed by atoms with E-state index in [0.717, 1.165) is 23.5 Å². The molecule has 9 heteroatoms. The monoisotopic (exact) mass is 527 g/mol. The second kappa shape index (κ2) is 11.7. The van der Waals surface area contributed by atoms with E-state index in [1.807, 2.05) is 25.3 Å². The number of aryl methyl sites for hydroxylation is 1. The highest BCUT2D eigenvalue weighted by atomic mass is 127. The maximum Gasteiger partial charge on any atom is 0.224 e. The zero-order chi connectivity index (χ0) is 19.8. The van der Waals surface area contributed by atoms with Gasteiger partial charge in [0, 0.05) is 55.5 Å². The number of hydrogen-bond donors (Lipinski definition) is 2. The summed E-state index contributed by atoms with van der Waals surface area (Å²) in [5.74, 6) is 1.15. The lowest BCUT2D eigenvalue weighted by molar-refractivity contribution is 0.450. The predicted molar refractivity (Wildman–Crippen MR) is 125 cm³/mol. The van der Waals surface area contributed by atoms with E-state index in [4.69, 9.17) is 4.74 Å². The highest BCUT2D eigenvalue weighted by Crippen LogP contribution is 2.23. The minimum atomic E-state index is -0.354. The number of pyridine rings is 1. The maximum absolute atomic E-state index is 13.4. The van der Waals surface area contributed by atoms with Crippen LogP contribution in [0.4, 0.5) is 4.39 Å². The van der Waals surface area contributed by atoms with Crippen molar-refractivity contribution in [2.45, 2.75) is 19.9 Å². The fraction of sp³-hybridized carbons (Fsp3) is 0.250. The van der Waals surface area contributed by atoms with Crippen LogP contribution in [0.25, 0.3) is 0 Å². The molecule has 0 saturated carbocycles. The maximum atomic E-state index is 13.4. The Bertz CT molecular complexity index is 950. The van der Waals surface area contributed by atoms with E-state index >= 15 is 0 Å². The van der Waals surface area contributed by atoms with Gasteiger partial charge >= 0.3 is 0 Å². The van der Waals surface area contributed by atoms with Gasteiger partial charge in [-0.05, 0) is 25.1 Å². The highest BCUT2D eigenvalue weighted by molar-refractivity contribution is 14.0. The predicted octanol–water partition coefficient (Wildman–Crippen LogP) is 4.30. The smallest absolute Gasteiger partial charge is 0.224 e. The molecule has 0 unspecified atom stereocenters. The summed E-state index contributed by atoms with van der Waals surface area (Å²) in [5.41, 5.74) is 0.838. The normalized spacial score (nSPS) is 10.9. The second-order valence-electron chi connectivity index (χ2n) is 5.99. The summed E-state index contributed by atoms with van der Waals surface area (Å²) >= 11 is 1.70. The van der Waals surface area contributed by atoms with Crippen LogP contribution in [0.5, 0.6) is 11.6 Å². The summed E-state index contributed by atoms with van der Waals surface area (Å²) in [6.07, 6.45) is 4.36. The molecule has 2 N–H and O–H groups in total. The van der Waals surface area contributed by atoms with Crippen molar-refractivity contribution in [1.29, 1.82) is 0 Å². The molecule has 0 amide bonds. The first-order chi connectivity index (χ1) is 13.6. The summed E-state index contributed by atoms with van der Waals surface area (Å²) < 4.78 is 19.1. The molecule has 2 heterocycles. The number of aromatic nitrogens is 2. The van der Waals surface area contributed by atoms with Crippen molar-refractivity contribution < 1.29 is 9.13 Å². The number of rotatable bonds is 7. The Morgan fingerprint density at radius 1 is 1.21 bits per heavy atom. The Kier molecular flexibility index (Phi) is 9.26. The Morgan fingerprint density at radius 3 is 2.79 bits per heavy atom. The molecule has 29 heavy (non-hydrogen) atoms. The second-order valence-corrected chi connectivity index (χ2v) is 7.31. The minimum Gasteiger partial charge on any atom is -0.439 e. The number of nitrogens with one attached hydrogen (secondary N) is 2. The van der Waals surface area contributed by atoms with Gasteiger partial charge in [0.15, 0.2) is 5.96 Å². The quantitative estimate of drug-likeness (QED) is 0.273. The molecule has 0 aliphatic carbocycles. The van der Waals surface area contributed by atoms with Gasteiger partial charge < -0.3 is 15.4 Å². The van der Waals surface area contributed by atoms with Gasteiger partial charge in [0.1, 0.15) is 11.6 Å². The standard InChI is InChI=1S/C20H22FN5OS.HI/c1-14-12-25-18(28-14)8-10-24-20(22-2)26-13-15-5-4-9-23-19(15)27-17-7-3-6-16(21)11-17;/h3-7,9,11-12H,8,10,13H2,1-2H3,(H2,22,24,26);1H. The lowest BCUT2D eigenvalue weighted by atomic mass is 10.2. The molecule has 2 aromatic heterocycles. The third kappa shape index (κ3) is 7.24. The van der Waals surface area contributed by atoms with E-state index in [2.05, 4.69) is 25.6 Å². The first-order valence-corrected chi connectivity index (χ1v) is 9.69. The molecular formula is C20H23FIN5OS. The lowest BCUT2D eigenvalue weighted by Gasteiger charge is -2.13. The van der Waals surface area contributed by atoms with Gasteiger partial charge in [0.2, 0.25) is 5.88 Å². The summed E-state index contributed by atoms with van der Waals surface area (Å²) in [6.45, 7) is 3.24. The molecule has 0 atom stereocenters. The van der Waals surface area contributed by atoms with Crippen molar-refractivity contribution in [3.63, 3.8) is 0 Å². The van der Waals surface area contributed by atoms with Gasteiger partial charge in [-0.3, -0.25) is 4.99 Å². The molecule has 0 saturated heterocycles. The lowest BCUT2D eigenvalue weighted by Crippen LogP contribution is -2.37. The topological polar surface area (TPSA) is 71.4 Å². The molecule has 3 aromatic rings. The van der Waals surface area contributed by atoms with E-state index in [0.29, 0.717) is 24.1 Å². The molecule has 0 spiro atoms. The molecule has 6 nitrogen and oxygen atoms in total. The molecule has 0 aliphatic rings. The fourth-order valence-corrected chi connectivity index (χ4v) is 3.28. The minimum absolute atomic E-state index is 0. The van der Waals surface area contributed by atoms with E-state index in [-0.39, 0.29) is 29.8 Å². The number of ether oxygens (including phenoxy) is 1. The number of aliphatic imine (C=N–C) groups is 1. The van der Waals surface area contributed by atoms with Gasteiger partial charge in [-0.2, -0.15) is 0 Å². The third-order valence-corrected chi connectivity index (χ3v) is 4.80. The molecule has 0 fully saturated rings.